The van der Waals surface area contributed by atoms with Crippen LogP contribution in [0.5, 0.6) is 0 Å². The first-order valence-corrected chi connectivity index (χ1v) is 10.1. The molecule has 0 aliphatic carbocycles. The van der Waals surface area contributed by atoms with Crippen LogP contribution in [0.25, 0.3) is 17.4 Å². The smallest absolute Gasteiger partial charge is 0.335 e. The third kappa shape index (κ3) is 4.30. The van der Waals surface area contributed by atoms with Gasteiger partial charge in [0.15, 0.2) is 5.17 Å². The number of benzene rings is 2. The number of hydrogen-bond acceptors (Lipinski definition) is 7. The van der Waals surface area contributed by atoms with E-state index in [1.165, 1.54) is 29.2 Å². The average Bonchev–Trinajstić information content (AvgIpc) is 3.35. The third-order valence-corrected chi connectivity index (χ3v) is 5.64. The van der Waals surface area contributed by atoms with Gasteiger partial charge in [-0.3, -0.25) is 19.8 Å². The van der Waals surface area contributed by atoms with Gasteiger partial charge in [-0.05, 0) is 48.2 Å². The molecule has 2 heterocycles. The molecule has 0 bridgehead atoms. The number of carboxylic acids is 1. The zero-order chi connectivity index (χ0) is 22.8. The molecule has 4 rings (SSSR count). The second-order valence-corrected chi connectivity index (χ2v) is 7.74. The van der Waals surface area contributed by atoms with Gasteiger partial charge in [0.25, 0.3) is 11.6 Å². The maximum absolute atomic E-state index is 12.6. The average molecular weight is 449 g/mol. The zero-order valence-electron chi connectivity index (χ0n) is 16.6. The number of nitro benzene ring substituents is 1. The maximum Gasteiger partial charge on any atom is 0.335 e. The first-order valence-electron chi connectivity index (χ1n) is 9.26. The predicted molar refractivity (Wildman–Crippen MR) is 120 cm³/mol. The van der Waals surface area contributed by atoms with Gasteiger partial charge in [0.1, 0.15) is 11.5 Å². The number of furan rings is 1. The standard InChI is InChI=1S/C22H15N3O6S/c1-24-20(26)19(32-22(24)23-15-7-5-13(6-8-15)21(27)28)12-17-9-10-18(31-17)14-3-2-4-16(11-14)25(29)30/h2-12H,1H3,(H,27,28)/b19-12-,23-22?. The van der Waals surface area contributed by atoms with E-state index >= 15 is 0 Å². The molecule has 2 aromatic carbocycles. The van der Waals surface area contributed by atoms with Gasteiger partial charge >= 0.3 is 5.97 Å². The molecule has 32 heavy (non-hydrogen) atoms. The van der Waals surface area contributed by atoms with Crippen molar-refractivity contribution >= 4 is 46.3 Å². The van der Waals surface area contributed by atoms with Crippen molar-refractivity contribution in [1.82, 2.24) is 4.90 Å². The Balaban J connectivity index is 1.56. The van der Waals surface area contributed by atoms with E-state index < -0.39 is 10.9 Å². The number of aromatic carboxylic acids is 1. The molecular weight excluding hydrogens is 434 g/mol. The number of carboxylic acid groups (broad SMARTS) is 1. The Morgan fingerprint density at radius 3 is 2.62 bits per heavy atom. The molecule has 1 amide bonds. The fraction of sp³-hybridized carbons (Fsp3) is 0.0455. The molecule has 9 nitrogen and oxygen atoms in total. The minimum atomic E-state index is -1.03. The van der Waals surface area contributed by atoms with Gasteiger partial charge in [0.2, 0.25) is 0 Å². The quantitative estimate of drug-likeness (QED) is 0.337. The number of hydrogen-bond donors (Lipinski definition) is 1. The number of nitrogens with zero attached hydrogens (tertiary/aromatic N) is 3. The van der Waals surface area contributed by atoms with E-state index in [4.69, 9.17) is 9.52 Å². The second-order valence-electron chi connectivity index (χ2n) is 6.73. The summed E-state index contributed by atoms with van der Waals surface area (Å²) in [4.78, 5) is 40.3. The number of likely N-dealkylation sites (N-methyl/N-ethyl adjacent to an activating group) is 1. The predicted octanol–water partition coefficient (Wildman–Crippen LogP) is 4.79. The van der Waals surface area contributed by atoms with Crippen LogP contribution in [-0.4, -0.2) is 39.0 Å². The summed E-state index contributed by atoms with van der Waals surface area (Å²) in [6.07, 6.45) is 1.58. The lowest BCUT2D eigenvalue weighted by molar-refractivity contribution is -0.384. The normalized spacial score (nSPS) is 16.2. The highest BCUT2D eigenvalue weighted by Gasteiger charge is 2.30. The highest BCUT2D eigenvalue weighted by Crippen LogP contribution is 2.34. The molecule has 0 radical (unpaired) electrons. The largest absolute Gasteiger partial charge is 0.478 e. The lowest BCUT2D eigenvalue weighted by Crippen LogP contribution is -2.23. The van der Waals surface area contributed by atoms with Crippen LogP contribution in [0.15, 0.2) is 75.0 Å². The number of carbonyl (C=O) groups is 2. The molecule has 160 valence electrons. The topological polar surface area (TPSA) is 126 Å². The van der Waals surface area contributed by atoms with Crippen LogP contribution in [-0.2, 0) is 4.79 Å². The van der Waals surface area contributed by atoms with E-state index in [2.05, 4.69) is 4.99 Å². The fourth-order valence-corrected chi connectivity index (χ4v) is 3.90. The van der Waals surface area contributed by atoms with Crippen molar-refractivity contribution in [2.45, 2.75) is 0 Å². The van der Waals surface area contributed by atoms with Crippen LogP contribution in [0.2, 0.25) is 0 Å². The molecule has 0 spiro atoms. The molecule has 0 unspecified atom stereocenters. The molecule has 1 saturated heterocycles. The lowest BCUT2D eigenvalue weighted by Gasteiger charge is -2.07. The highest BCUT2D eigenvalue weighted by atomic mass is 32.2. The molecule has 10 heteroatoms. The van der Waals surface area contributed by atoms with Gasteiger partial charge in [-0.15, -0.1) is 0 Å². The second kappa shape index (κ2) is 8.52. The summed E-state index contributed by atoms with van der Waals surface area (Å²) in [5.41, 5.74) is 1.18. The molecule has 1 N–H and O–H groups in total. The summed E-state index contributed by atoms with van der Waals surface area (Å²) >= 11 is 1.16. The van der Waals surface area contributed by atoms with Crippen molar-refractivity contribution in [3.63, 3.8) is 0 Å². The van der Waals surface area contributed by atoms with Crippen molar-refractivity contribution in [1.29, 1.82) is 0 Å². The minimum Gasteiger partial charge on any atom is -0.478 e. The molecule has 1 aromatic heterocycles. The van der Waals surface area contributed by atoms with Crippen molar-refractivity contribution in [3.05, 3.63) is 87.0 Å². The third-order valence-electron chi connectivity index (χ3n) is 4.58. The Morgan fingerprint density at radius 1 is 1.19 bits per heavy atom. The van der Waals surface area contributed by atoms with Crippen LogP contribution in [0.1, 0.15) is 16.1 Å². The number of rotatable bonds is 5. The SMILES string of the molecule is CN1C(=O)/C(=C/c2ccc(-c3cccc([N+](=O)[O-])c3)o2)SC1=Nc1ccc(C(=O)O)cc1. The van der Waals surface area contributed by atoms with Crippen molar-refractivity contribution in [3.8, 4) is 11.3 Å². The van der Waals surface area contributed by atoms with Gasteiger partial charge in [-0.25, -0.2) is 9.79 Å². The molecule has 1 aliphatic heterocycles. The van der Waals surface area contributed by atoms with E-state index in [0.29, 0.717) is 32.8 Å². The number of carbonyl (C=O) groups excluding carboxylic acids is 1. The molecular formula is C22H15N3O6S. The van der Waals surface area contributed by atoms with Crippen molar-refractivity contribution in [2.24, 2.45) is 4.99 Å². The van der Waals surface area contributed by atoms with Crippen LogP contribution in [0, 0.1) is 10.1 Å². The van der Waals surface area contributed by atoms with Crippen LogP contribution in [0.3, 0.4) is 0 Å². The number of aliphatic imine (C=N–C) groups is 1. The summed E-state index contributed by atoms with van der Waals surface area (Å²) in [6, 6.07) is 15.5. The number of amidine groups is 1. The fourth-order valence-electron chi connectivity index (χ4n) is 2.93. The molecule has 0 saturated carbocycles. The summed E-state index contributed by atoms with van der Waals surface area (Å²) in [5.74, 6) is -0.427. The Morgan fingerprint density at radius 2 is 1.94 bits per heavy atom. The number of amides is 1. The summed E-state index contributed by atoms with van der Waals surface area (Å²) < 4.78 is 5.76. The van der Waals surface area contributed by atoms with Gasteiger partial charge in [-0.1, -0.05) is 12.1 Å². The van der Waals surface area contributed by atoms with Gasteiger partial charge < -0.3 is 9.52 Å². The van der Waals surface area contributed by atoms with Crippen molar-refractivity contribution in [2.75, 3.05) is 7.05 Å². The summed E-state index contributed by atoms with van der Waals surface area (Å²) in [7, 11) is 1.59. The van der Waals surface area contributed by atoms with Gasteiger partial charge in [0.05, 0.1) is 21.1 Å². The minimum absolute atomic E-state index is 0.0424. The van der Waals surface area contributed by atoms with E-state index in [-0.39, 0.29) is 17.2 Å². The Kier molecular flexibility index (Phi) is 5.61. The Bertz CT molecular complexity index is 1290. The summed E-state index contributed by atoms with van der Waals surface area (Å²) in [5, 5.41) is 20.4. The first kappa shape index (κ1) is 21.1. The van der Waals surface area contributed by atoms with E-state index in [1.807, 2.05) is 0 Å². The van der Waals surface area contributed by atoms with E-state index in [0.717, 1.165) is 11.8 Å². The van der Waals surface area contributed by atoms with E-state index in [9.17, 15) is 19.7 Å². The van der Waals surface area contributed by atoms with Gasteiger partial charge in [0, 0.05) is 30.8 Å². The lowest BCUT2D eigenvalue weighted by atomic mass is 10.1. The molecule has 1 aliphatic rings. The van der Waals surface area contributed by atoms with Crippen LogP contribution >= 0.6 is 11.8 Å². The number of nitro groups is 1. The Hall–Kier alpha value is -4.18. The molecule has 3 aromatic rings. The molecule has 1 fully saturated rings. The van der Waals surface area contributed by atoms with E-state index in [1.54, 1.807) is 49.5 Å². The Labute approximate surface area is 185 Å². The van der Waals surface area contributed by atoms with Gasteiger partial charge in [-0.2, -0.15) is 0 Å². The van der Waals surface area contributed by atoms with Crippen molar-refractivity contribution < 1.29 is 24.0 Å². The van der Waals surface area contributed by atoms with Crippen LogP contribution < -0.4 is 0 Å². The number of non-ortho nitro benzene ring substituents is 1. The first-order chi connectivity index (χ1) is 15.3. The molecule has 0 atom stereocenters. The van der Waals surface area contributed by atoms with Crippen LogP contribution in [0.4, 0.5) is 11.4 Å². The maximum atomic E-state index is 12.6. The monoisotopic (exact) mass is 449 g/mol. The zero-order valence-corrected chi connectivity index (χ0v) is 17.4. The highest BCUT2D eigenvalue weighted by molar-refractivity contribution is 8.18. The number of thioether (sulfide) groups is 1. The summed E-state index contributed by atoms with van der Waals surface area (Å²) in [6.45, 7) is 0.